The first kappa shape index (κ1) is 13.2. The molecule has 0 aliphatic heterocycles. The van der Waals surface area contributed by atoms with Crippen LogP contribution in [0.5, 0.6) is 0 Å². The van der Waals surface area contributed by atoms with Gasteiger partial charge < -0.3 is 10.4 Å². The van der Waals surface area contributed by atoms with E-state index in [-0.39, 0.29) is 18.2 Å². The van der Waals surface area contributed by atoms with Crippen LogP contribution >= 0.6 is 0 Å². The molecule has 1 rings (SSSR count). The van der Waals surface area contributed by atoms with Gasteiger partial charge in [0.15, 0.2) is 0 Å². The molecule has 0 aromatic heterocycles. The molecule has 0 spiro atoms. The fraction of sp³-hybridized carbons (Fsp3) is 0.385. The van der Waals surface area contributed by atoms with Crippen molar-refractivity contribution in [1.82, 2.24) is 5.32 Å². The van der Waals surface area contributed by atoms with Crippen molar-refractivity contribution >= 4 is 11.9 Å². The van der Waals surface area contributed by atoms with Crippen LogP contribution < -0.4 is 5.32 Å². The lowest BCUT2D eigenvalue weighted by atomic mass is 10.1. The van der Waals surface area contributed by atoms with Crippen molar-refractivity contribution in [3.8, 4) is 0 Å². The van der Waals surface area contributed by atoms with Crippen LogP contribution in [-0.4, -0.2) is 17.0 Å². The number of carbonyl (C=O) groups is 2. The lowest BCUT2D eigenvalue weighted by Gasteiger charge is -2.08. The number of nitrogens with one attached hydrogen (secondary N) is 1. The normalized spacial score (nSPS) is 10.3. The topological polar surface area (TPSA) is 66.4 Å². The van der Waals surface area contributed by atoms with E-state index in [1.54, 1.807) is 12.1 Å². The fourth-order valence-electron chi connectivity index (χ4n) is 1.34. The number of aliphatic carboxylic acids is 1. The van der Waals surface area contributed by atoms with Gasteiger partial charge in [0.2, 0.25) is 5.91 Å². The van der Waals surface area contributed by atoms with E-state index in [1.165, 1.54) is 0 Å². The average molecular weight is 235 g/mol. The lowest BCUT2D eigenvalue weighted by Crippen LogP contribution is -2.27. The number of carboxylic acid groups (broad SMARTS) is 1. The third-order valence-electron chi connectivity index (χ3n) is 2.37. The number of carbonyl (C=O) groups excluding carboxylic acids is 1. The Kier molecular flexibility index (Phi) is 4.69. The van der Waals surface area contributed by atoms with Crippen LogP contribution in [0.2, 0.25) is 0 Å². The molecule has 0 aliphatic rings. The summed E-state index contributed by atoms with van der Waals surface area (Å²) in [5, 5.41) is 11.4. The summed E-state index contributed by atoms with van der Waals surface area (Å²) in [4.78, 5) is 21.8. The molecule has 0 saturated carbocycles. The largest absolute Gasteiger partial charge is 0.481 e. The Balaban J connectivity index is 2.51. The van der Waals surface area contributed by atoms with Gasteiger partial charge in [-0.3, -0.25) is 9.59 Å². The number of benzene rings is 1. The molecule has 17 heavy (non-hydrogen) atoms. The summed E-state index contributed by atoms with van der Waals surface area (Å²) in [5.41, 5.74) is 1.73. The molecule has 4 heteroatoms. The minimum Gasteiger partial charge on any atom is -0.481 e. The summed E-state index contributed by atoms with van der Waals surface area (Å²) >= 11 is 0. The SMILES string of the molecule is CC(C)C(=O)NCc1ccc(CC(=O)O)cc1. The van der Waals surface area contributed by atoms with Crippen molar-refractivity contribution in [2.45, 2.75) is 26.8 Å². The smallest absolute Gasteiger partial charge is 0.307 e. The first-order valence-electron chi connectivity index (χ1n) is 5.56. The average Bonchev–Trinajstić information content (AvgIpc) is 2.26. The second-order valence-electron chi connectivity index (χ2n) is 4.26. The van der Waals surface area contributed by atoms with Crippen molar-refractivity contribution < 1.29 is 14.7 Å². The van der Waals surface area contributed by atoms with Gasteiger partial charge in [-0.25, -0.2) is 0 Å². The lowest BCUT2D eigenvalue weighted by molar-refractivity contribution is -0.136. The number of hydrogen-bond donors (Lipinski definition) is 2. The monoisotopic (exact) mass is 235 g/mol. The van der Waals surface area contributed by atoms with E-state index >= 15 is 0 Å². The highest BCUT2D eigenvalue weighted by atomic mass is 16.4. The Morgan fingerprint density at radius 3 is 2.18 bits per heavy atom. The molecule has 0 aliphatic carbocycles. The summed E-state index contributed by atoms with van der Waals surface area (Å²) < 4.78 is 0. The van der Waals surface area contributed by atoms with Crippen LogP contribution in [0.1, 0.15) is 25.0 Å². The van der Waals surface area contributed by atoms with Gasteiger partial charge in [0.25, 0.3) is 0 Å². The van der Waals surface area contributed by atoms with Gasteiger partial charge in [-0.15, -0.1) is 0 Å². The zero-order valence-corrected chi connectivity index (χ0v) is 10.1. The van der Waals surface area contributed by atoms with E-state index in [1.807, 2.05) is 26.0 Å². The number of rotatable bonds is 5. The van der Waals surface area contributed by atoms with Gasteiger partial charge >= 0.3 is 5.97 Å². The molecule has 92 valence electrons. The Labute approximate surface area is 101 Å². The highest BCUT2D eigenvalue weighted by Gasteiger charge is 2.06. The highest BCUT2D eigenvalue weighted by Crippen LogP contribution is 2.05. The summed E-state index contributed by atoms with van der Waals surface area (Å²) in [5.74, 6) is -0.855. The predicted octanol–water partition coefficient (Wildman–Crippen LogP) is 1.59. The standard InChI is InChI=1S/C13H17NO3/c1-9(2)13(17)14-8-11-5-3-10(4-6-11)7-12(15)16/h3-6,9H,7-8H2,1-2H3,(H,14,17)(H,15,16). The van der Waals surface area contributed by atoms with E-state index < -0.39 is 5.97 Å². The quantitative estimate of drug-likeness (QED) is 0.814. The molecule has 0 unspecified atom stereocenters. The van der Waals surface area contributed by atoms with E-state index in [4.69, 9.17) is 5.11 Å². The zero-order chi connectivity index (χ0) is 12.8. The third kappa shape index (κ3) is 4.68. The molecule has 0 atom stereocenters. The van der Waals surface area contributed by atoms with Gasteiger partial charge in [-0.05, 0) is 11.1 Å². The van der Waals surface area contributed by atoms with Crippen molar-refractivity contribution in [2.75, 3.05) is 0 Å². The minimum atomic E-state index is -0.842. The number of hydrogen-bond acceptors (Lipinski definition) is 2. The Bertz CT molecular complexity index is 396. The molecular weight excluding hydrogens is 218 g/mol. The summed E-state index contributed by atoms with van der Waals surface area (Å²) in [7, 11) is 0. The van der Waals surface area contributed by atoms with Gasteiger partial charge in [0.1, 0.15) is 0 Å². The van der Waals surface area contributed by atoms with Crippen molar-refractivity contribution in [3.05, 3.63) is 35.4 Å². The maximum absolute atomic E-state index is 11.3. The molecule has 0 bridgehead atoms. The van der Waals surface area contributed by atoms with Crippen LogP contribution in [0, 0.1) is 5.92 Å². The first-order valence-corrected chi connectivity index (χ1v) is 5.56. The van der Waals surface area contributed by atoms with Crippen molar-refractivity contribution in [1.29, 1.82) is 0 Å². The summed E-state index contributed by atoms with van der Waals surface area (Å²) in [6.45, 7) is 4.15. The van der Waals surface area contributed by atoms with E-state index in [9.17, 15) is 9.59 Å². The molecule has 0 saturated heterocycles. The maximum atomic E-state index is 11.3. The second kappa shape index (κ2) is 6.03. The molecule has 0 heterocycles. The molecule has 0 radical (unpaired) electrons. The predicted molar refractivity (Wildman–Crippen MR) is 64.5 cm³/mol. The molecule has 1 aromatic carbocycles. The van der Waals surface area contributed by atoms with E-state index in [0.29, 0.717) is 6.54 Å². The van der Waals surface area contributed by atoms with Crippen LogP contribution in [0.4, 0.5) is 0 Å². The molecule has 4 nitrogen and oxygen atoms in total. The van der Waals surface area contributed by atoms with E-state index in [2.05, 4.69) is 5.32 Å². The minimum absolute atomic E-state index is 0.0135. The number of carboxylic acids is 1. The Morgan fingerprint density at radius 1 is 1.18 bits per heavy atom. The second-order valence-corrected chi connectivity index (χ2v) is 4.26. The van der Waals surface area contributed by atoms with Gasteiger partial charge in [-0.1, -0.05) is 38.1 Å². The Morgan fingerprint density at radius 2 is 1.71 bits per heavy atom. The maximum Gasteiger partial charge on any atom is 0.307 e. The molecule has 1 aromatic rings. The van der Waals surface area contributed by atoms with Gasteiger partial charge in [-0.2, -0.15) is 0 Å². The summed E-state index contributed by atoms with van der Waals surface area (Å²) in [6.07, 6.45) is 0.0264. The first-order chi connectivity index (χ1) is 7.99. The van der Waals surface area contributed by atoms with Crippen molar-refractivity contribution in [2.24, 2.45) is 5.92 Å². The van der Waals surface area contributed by atoms with Gasteiger partial charge in [0, 0.05) is 12.5 Å². The zero-order valence-electron chi connectivity index (χ0n) is 10.1. The van der Waals surface area contributed by atoms with Crippen LogP contribution in [0.15, 0.2) is 24.3 Å². The number of amides is 1. The third-order valence-corrected chi connectivity index (χ3v) is 2.37. The Hall–Kier alpha value is -1.84. The highest BCUT2D eigenvalue weighted by molar-refractivity contribution is 5.77. The molecule has 0 fully saturated rings. The van der Waals surface area contributed by atoms with Gasteiger partial charge in [0.05, 0.1) is 6.42 Å². The van der Waals surface area contributed by atoms with Crippen LogP contribution in [-0.2, 0) is 22.6 Å². The molecular formula is C13H17NO3. The summed E-state index contributed by atoms with van der Waals surface area (Å²) in [6, 6.07) is 7.20. The van der Waals surface area contributed by atoms with E-state index in [0.717, 1.165) is 11.1 Å². The van der Waals surface area contributed by atoms with Crippen LogP contribution in [0.3, 0.4) is 0 Å². The fourth-order valence-corrected chi connectivity index (χ4v) is 1.34. The van der Waals surface area contributed by atoms with Crippen molar-refractivity contribution in [3.63, 3.8) is 0 Å². The molecule has 2 N–H and O–H groups in total. The van der Waals surface area contributed by atoms with Crippen LogP contribution in [0.25, 0.3) is 0 Å². The molecule has 1 amide bonds.